The van der Waals surface area contributed by atoms with Crippen LogP contribution in [0.15, 0.2) is 42.5 Å². The highest BCUT2D eigenvalue weighted by Crippen LogP contribution is 2.34. The van der Waals surface area contributed by atoms with Crippen LogP contribution in [-0.2, 0) is 0 Å². The Hall–Kier alpha value is -1.40. The summed E-state index contributed by atoms with van der Waals surface area (Å²) >= 11 is 13.0. The Kier molecular flexibility index (Phi) is 3.99. The topological polar surface area (TPSA) is 58.4 Å². The van der Waals surface area contributed by atoms with Gasteiger partial charge in [-0.25, -0.2) is 0 Å². The van der Waals surface area contributed by atoms with E-state index in [0.29, 0.717) is 21.3 Å². The molecule has 0 bridgehead atoms. The number of nitrogens with zero attached hydrogens (tertiary/aromatic N) is 1. The van der Waals surface area contributed by atoms with Crippen LogP contribution in [-0.4, -0.2) is 11.4 Å². The molecule has 21 heavy (non-hydrogen) atoms. The molecule has 1 heterocycles. The van der Waals surface area contributed by atoms with Gasteiger partial charge in [0.25, 0.3) is 5.91 Å². The number of hydrogen-bond acceptors (Lipinski definition) is 4. The second kappa shape index (κ2) is 5.77. The van der Waals surface area contributed by atoms with Gasteiger partial charge < -0.3 is 5.32 Å². The van der Waals surface area contributed by atoms with Gasteiger partial charge in [-0.05, 0) is 42.3 Å². The van der Waals surface area contributed by atoms with Crippen LogP contribution in [0.3, 0.4) is 0 Å². The van der Waals surface area contributed by atoms with Crippen molar-refractivity contribution in [3.8, 4) is 0 Å². The van der Waals surface area contributed by atoms with Gasteiger partial charge in [0.2, 0.25) is 0 Å². The number of fused-ring (bicyclic) bond motifs is 1. The Morgan fingerprint density at radius 1 is 1.14 bits per heavy atom. The van der Waals surface area contributed by atoms with E-state index in [0.717, 1.165) is 17.6 Å². The first-order valence-corrected chi connectivity index (χ1v) is 7.81. The number of halogens is 2. The Balaban J connectivity index is 2.08. The maximum Gasteiger partial charge on any atom is 0.262 e. The van der Waals surface area contributed by atoms with Gasteiger partial charge in [0.1, 0.15) is 0 Å². The lowest BCUT2D eigenvalue weighted by Crippen LogP contribution is -2.48. The summed E-state index contributed by atoms with van der Waals surface area (Å²) in [5.41, 5.74) is 1.58. The van der Waals surface area contributed by atoms with Crippen molar-refractivity contribution in [1.29, 1.82) is 0 Å². The average Bonchev–Trinajstić information content (AvgIpc) is 2.50. The highest BCUT2D eigenvalue weighted by Gasteiger charge is 2.33. The molecule has 0 aromatic heterocycles. The number of nitrogens with one attached hydrogen (secondary N) is 1. The molecule has 2 aromatic rings. The van der Waals surface area contributed by atoms with Crippen molar-refractivity contribution < 1.29 is 4.79 Å². The van der Waals surface area contributed by atoms with Gasteiger partial charge in [-0.3, -0.25) is 14.8 Å². The zero-order chi connectivity index (χ0) is 15.0. The standard InChI is InChI=1S/C14H11Cl2N3OS/c15-10-6-5-8(7-11(10)16)19-13(20)9-3-1-2-4-12(9)18-14(19)21-17/h1-7,14,18H,17H2. The van der Waals surface area contributed by atoms with Gasteiger partial charge in [0.05, 0.1) is 15.6 Å². The quantitative estimate of drug-likeness (QED) is 0.813. The second-order valence-electron chi connectivity index (χ2n) is 4.45. The van der Waals surface area contributed by atoms with E-state index in [1.165, 1.54) is 0 Å². The molecule has 0 aliphatic carbocycles. The van der Waals surface area contributed by atoms with E-state index in [4.69, 9.17) is 28.3 Å². The Labute approximate surface area is 136 Å². The normalized spacial score (nSPS) is 17.4. The fourth-order valence-electron chi connectivity index (χ4n) is 2.21. The Morgan fingerprint density at radius 2 is 1.90 bits per heavy atom. The van der Waals surface area contributed by atoms with Gasteiger partial charge in [-0.1, -0.05) is 35.3 Å². The fraction of sp³-hybridized carbons (Fsp3) is 0.0714. The summed E-state index contributed by atoms with van der Waals surface area (Å²) in [5.74, 6) is -0.134. The predicted molar refractivity (Wildman–Crippen MR) is 88.9 cm³/mol. The molecule has 1 amide bonds. The van der Waals surface area contributed by atoms with Crippen molar-refractivity contribution in [1.82, 2.24) is 0 Å². The van der Waals surface area contributed by atoms with Crippen molar-refractivity contribution in [2.75, 3.05) is 10.2 Å². The third-order valence-corrected chi connectivity index (χ3v) is 4.53. The van der Waals surface area contributed by atoms with E-state index < -0.39 is 5.50 Å². The molecule has 1 aliphatic rings. The zero-order valence-electron chi connectivity index (χ0n) is 10.7. The third kappa shape index (κ3) is 2.58. The lowest BCUT2D eigenvalue weighted by molar-refractivity contribution is 0.0983. The van der Waals surface area contributed by atoms with Gasteiger partial charge in [-0.15, -0.1) is 0 Å². The van der Waals surface area contributed by atoms with Crippen molar-refractivity contribution in [3.63, 3.8) is 0 Å². The molecule has 0 fully saturated rings. The number of benzene rings is 2. The number of nitrogens with two attached hydrogens (primary N) is 1. The highest BCUT2D eigenvalue weighted by molar-refractivity contribution is 7.97. The first-order chi connectivity index (χ1) is 10.1. The van der Waals surface area contributed by atoms with Crippen molar-refractivity contribution in [3.05, 3.63) is 58.1 Å². The number of carbonyl (C=O) groups is 1. The first kappa shape index (κ1) is 14.5. The minimum absolute atomic E-state index is 0.134. The predicted octanol–water partition coefficient (Wildman–Crippen LogP) is 3.96. The molecule has 1 aliphatic heterocycles. The van der Waals surface area contributed by atoms with Crippen molar-refractivity contribution in [2.24, 2.45) is 5.14 Å². The molecule has 3 N–H and O–H groups in total. The average molecular weight is 340 g/mol. The third-order valence-electron chi connectivity index (χ3n) is 3.20. The van der Waals surface area contributed by atoms with E-state index in [9.17, 15) is 4.79 Å². The van der Waals surface area contributed by atoms with Gasteiger partial charge in [0.15, 0.2) is 5.50 Å². The molecule has 0 spiro atoms. The van der Waals surface area contributed by atoms with Crippen molar-refractivity contribution >= 4 is 52.4 Å². The minimum Gasteiger partial charge on any atom is -0.355 e. The summed E-state index contributed by atoms with van der Waals surface area (Å²) in [5, 5.41) is 9.78. The summed E-state index contributed by atoms with van der Waals surface area (Å²) in [7, 11) is 0. The summed E-state index contributed by atoms with van der Waals surface area (Å²) in [6.45, 7) is 0. The SMILES string of the molecule is NSC1Nc2ccccc2C(=O)N1c1ccc(Cl)c(Cl)c1. The van der Waals surface area contributed by atoms with Gasteiger partial charge >= 0.3 is 0 Å². The summed E-state index contributed by atoms with van der Waals surface area (Å²) in [6, 6.07) is 12.4. The Bertz CT molecular complexity index is 710. The summed E-state index contributed by atoms with van der Waals surface area (Å²) < 4.78 is 0. The number of amides is 1. The van der Waals surface area contributed by atoms with Crippen LogP contribution in [0.25, 0.3) is 0 Å². The van der Waals surface area contributed by atoms with Crippen LogP contribution >= 0.6 is 35.1 Å². The molecular weight excluding hydrogens is 329 g/mol. The number of para-hydroxylation sites is 1. The number of carbonyl (C=O) groups excluding carboxylic acids is 1. The molecule has 0 radical (unpaired) electrons. The van der Waals surface area contributed by atoms with E-state index in [-0.39, 0.29) is 5.91 Å². The molecule has 4 nitrogen and oxygen atoms in total. The fourth-order valence-corrected chi connectivity index (χ4v) is 3.04. The van der Waals surface area contributed by atoms with Crippen LogP contribution in [0.4, 0.5) is 11.4 Å². The van der Waals surface area contributed by atoms with Crippen LogP contribution in [0, 0.1) is 0 Å². The summed E-state index contributed by atoms with van der Waals surface area (Å²) in [4.78, 5) is 14.3. The zero-order valence-corrected chi connectivity index (χ0v) is 13.0. The van der Waals surface area contributed by atoms with E-state index in [1.807, 2.05) is 18.2 Å². The van der Waals surface area contributed by atoms with E-state index >= 15 is 0 Å². The number of hydrogen-bond donors (Lipinski definition) is 2. The molecule has 1 unspecified atom stereocenters. The molecule has 0 saturated heterocycles. The maximum atomic E-state index is 12.7. The molecule has 0 saturated carbocycles. The maximum absolute atomic E-state index is 12.7. The minimum atomic E-state index is -0.412. The van der Waals surface area contributed by atoms with Gasteiger partial charge in [-0.2, -0.15) is 0 Å². The molecular formula is C14H11Cl2N3OS. The number of anilines is 2. The molecule has 1 atom stereocenters. The van der Waals surface area contributed by atoms with E-state index in [2.05, 4.69) is 5.32 Å². The van der Waals surface area contributed by atoms with Crippen molar-refractivity contribution in [2.45, 2.75) is 5.50 Å². The molecule has 3 rings (SSSR count). The first-order valence-electron chi connectivity index (χ1n) is 6.11. The lowest BCUT2D eigenvalue weighted by Gasteiger charge is -2.36. The Morgan fingerprint density at radius 3 is 2.62 bits per heavy atom. The molecule has 7 heteroatoms. The van der Waals surface area contributed by atoms with E-state index in [1.54, 1.807) is 29.2 Å². The second-order valence-corrected chi connectivity index (χ2v) is 5.99. The molecule has 2 aromatic carbocycles. The smallest absolute Gasteiger partial charge is 0.262 e. The van der Waals surface area contributed by atoms with Gasteiger partial charge in [0, 0.05) is 11.4 Å². The van der Waals surface area contributed by atoms with Crippen LogP contribution in [0.5, 0.6) is 0 Å². The highest BCUT2D eigenvalue weighted by atomic mass is 35.5. The number of rotatable bonds is 2. The monoisotopic (exact) mass is 339 g/mol. The molecule has 108 valence electrons. The van der Waals surface area contributed by atoms with Crippen LogP contribution in [0.2, 0.25) is 10.0 Å². The van der Waals surface area contributed by atoms with Crippen LogP contribution < -0.4 is 15.4 Å². The van der Waals surface area contributed by atoms with Crippen LogP contribution in [0.1, 0.15) is 10.4 Å². The summed E-state index contributed by atoms with van der Waals surface area (Å²) in [6.07, 6.45) is 0. The lowest BCUT2D eigenvalue weighted by atomic mass is 10.1. The largest absolute Gasteiger partial charge is 0.355 e.